The maximum Gasteiger partial charge on any atom is 0.243 e. The first-order chi connectivity index (χ1) is 10.8. The van der Waals surface area contributed by atoms with E-state index in [0.717, 1.165) is 5.56 Å². The maximum absolute atomic E-state index is 12.2. The summed E-state index contributed by atoms with van der Waals surface area (Å²) >= 11 is 0. The lowest BCUT2D eigenvalue weighted by Gasteiger charge is -2.17. The fourth-order valence-corrected chi connectivity index (χ4v) is 2.90. The summed E-state index contributed by atoms with van der Waals surface area (Å²) in [6.45, 7) is 0.135. The second kappa shape index (κ2) is 5.51. The molecule has 2 aliphatic carbocycles. The van der Waals surface area contributed by atoms with Crippen LogP contribution in [0.25, 0.3) is 11.4 Å². The Morgan fingerprint density at radius 1 is 1.18 bits per heavy atom. The monoisotopic (exact) mass is 297 g/mol. The Morgan fingerprint density at radius 2 is 1.86 bits per heavy atom. The number of amides is 1. The van der Waals surface area contributed by atoms with Gasteiger partial charge in [0.2, 0.25) is 11.7 Å². The lowest BCUT2D eigenvalue weighted by Crippen LogP contribution is -2.40. The van der Waals surface area contributed by atoms with Gasteiger partial charge in [0.05, 0.1) is 0 Å². The summed E-state index contributed by atoms with van der Waals surface area (Å²) in [5, 5.41) is 15.4. The van der Waals surface area contributed by atoms with Gasteiger partial charge in [0.25, 0.3) is 0 Å². The highest BCUT2D eigenvalue weighted by Gasteiger charge is 2.42. The Balaban J connectivity index is 1.38. The number of nitrogens with zero attached hydrogens (tertiary/aromatic N) is 4. The molecule has 0 atom stereocenters. The molecule has 0 radical (unpaired) electrons. The van der Waals surface area contributed by atoms with Crippen LogP contribution >= 0.6 is 0 Å². The predicted molar refractivity (Wildman–Crippen MR) is 80.6 cm³/mol. The highest BCUT2D eigenvalue weighted by molar-refractivity contribution is 5.76. The zero-order chi connectivity index (χ0) is 14.9. The van der Waals surface area contributed by atoms with E-state index in [9.17, 15) is 4.79 Å². The summed E-state index contributed by atoms with van der Waals surface area (Å²) in [5.74, 6) is 1.93. The molecule has 1 aromatic carbocycles. The third-order valence-corrected chi connectivity index (χ3v) is 4.36. The fraction of sp³-hybridized carbons (Fsp3) is 0.500. The highest BCUT2D eigenvalue weighted by Crippen LogP contribution is 2.44. The van der Waals surface area contributed by atoms with Crippen molar-refractivity contribution in [1.29, 1.82) is 0 Å². The van der Waals surface area contributed by atoms with Gasteiger partial charge in [-0.2, -0.15) is 4.80 Å². The summed E-state index contributed by atoms with van der Waals surface area (Å²) in [6.07, 6.45) is 5.00. The number of carbonyl (C=O) groups excluding carboxylic acids is 1. The van der Waals surface area contributed by atoms with E-state index in [2.05, 4.69) is 20.7 Å². The van der Waals surface area contributed by atoms with Gasteiger partial charge in [-0.25, -0.2) is 0 Å². The molecule has 1 aromatic heterocycles. The summed E-state index contributed by atoms with van der Waals surface area (Å²) in [7, 11) is 0. The smallest absolute Gasteiger partial charge is 0.243 e. The third-order valence-electron chi connectivity index (χ3n) is 4.36. The standard InChI is InChI=1S/C16H19N5O/c22-14(17-15(11-6-7-11)12-8-9-12)10-21-19-16(18-20-21)13-4-2-1-3-5-13/h1-5,11-12,15H,6-10H2,(H,17,22). The van der Waals surface area contributed by atoms with Crippen molar-refractivity contribution >= 4 is 5.91 Å². The lowest BCUT2D eigenvalue weighted by molar-refractivity contribution is -0.123. The Kier molecular flexibility index (Phi) is 3.36. The Morgan fingerprint density at radius 3 is 2.50 bits per heavy atom. The van der Waals surface area contributed by atoms with E-state index in [4.69, 9.17) is 0 Å². The second-order valence-electron chi connectivity index (χ2n) is 6.28. The van der Waals surface area contributed by atoms with E-state index >= 15 is 0 Å². The zero-order valence-corrected chi connectivity index (χ0v) is 12.4. The quantitative estimate of drug-likeness (QED) is 0.880. The van der Waals surface area contributed by atoms with Crippen LogP contribution in [0.5, 0.6) is 0 Å². The van der Waals surface area contributed by atoms with Gasteiger partial charge < -0.3 is 5.32 Å². The van der Waals surface area contributed by atoms with Gasteiger partial charge in [-0.1, -0.05) is 30.3 Å². The Bertz CT molecular complexity index is 648. The normalized spacial score (nSPS) is 17.7. The number of hydrogen-bond acceptors (Lipinski definition) is 4. The van der Waals surface area contributed by atoms with Crippen LogP contribution in [0.2, 0.25) is 0 Å². The van der Waals surface area contributed by atoms with Crippen molar-refractivity contribution in [3.63, 3.8) is 0 Å². The van der Waals surface area contributed by atoms with Crippen molar-refractivity contribution in [1.82, 2.24) is 25.5 Å². The molecule has 1 N–H and O–H groups in total. The van der Waals surface area contributed by atoms with E-state index in [1.807, 2.05) is 30.3 Å². The first kappa shape index (κ1) is 13.4. The van der Waals surface area contributed by atoms with Crippen LogP contribution in [0, 0.1) is 11.8 Å². The molecular formula is C16H19N5O. The topological polar surface area (TPSA) is 72.7 Å². The molecule has 2 saturated carbocycles. The SMILES string of the molecule is O=C(Cn1nnc(-c2ccccc2)n1)NC(C1CC1)C1CC1. The molecule has 114 valence electrons. The number of rotatable bonds is 6. The van der Waals surface area contributed by atoms with Gasteiger partial charge in [-0.05, 0) is 42.7 Å². The summed E-state index contributed by atoms with van der Waals surface area (Å²) in [4.78, 5) is 13.6. The number of aromatic nitrogens is 4. The van der Waals surface area contributed by atoms with Gasteiger partial charge in [0, 0.05) is 11.6 Å². The van der Waals surface area contributed by atoms with Gasteiger partial charge in [-0.3, -0.25) is 4.79 Å². The van der Waals surface area contributed by atoms with Crippen LogP contribution in [0.4, 0.5) is 0 Å². The van der Waals surface area contributed by atoms with E-state index in [-0.39, 0.29) is 12.5 Å². The third kappa shape index (κ3) is 3.00. The molecule has 2 aliphatic rings. The Hall–Kier alpha value is -2.24. The fourth-order valence-electron chi connectivity index (χ4n) is 2.90. The molecule has 0 aliphatic heterocycles. The summed E-state index contributed by atoms with van der Waals surface area (Å²) in [5.41, 5.74) is 0.906. The minimum atomic E-state index is -0.0131. The molecule has 0 saturated heterocycles. The van der Waals surface area contributed by atoms with E-state index in [1.165, 1.54) is 30.5 Å². The molecule has 6 heteroatoms. The number of nitrogens with one attached hydrogen (secondary N) is 1. The van der Waals surface area contributed by atoms with Crippen LogP contribution in [0.3, 0.4) is 0 Å². The minimum absolute atomic E-state index is 0.0131. The average molecular weight is 297 g/mol. The maximum atomic E-state index is 12.2. The van der Waals surface area contributed by atoms with Crippen LogP contribution in [0.1, 0.15) is 25.7 Å². The lowest BCUT2D eigenvalue weighted by atomic mass is 10.1. The van der Waals surface area contributed by atoms with Crippen LogP contribution < -0.4 is 5.32 Å². The first-order valence-corrected chi connectivity index (χ1v) is 7.92. The molecule has 1 heterocycles. The molecular weight excluding hydrogens is 278 g/mol. The minimum Gasteiger partial charge on any atom is -0.351 e. The van der Waals surface area contributed by atoms with E-state index in [1.54, 1.807) is 0 Å². The van der Waals surface area contributed by atoms with E-state index in [0.29, 0.717) is 23.7 Å². The van der Waals surface area contributed by atoms with Crippen molar-refractivity contribution in [3.05, 3.63) is 30.3 Å². The van der Waals surface area contributed by atoms with Gasteiger partial charge in [0.15, 0.2) is 0 Å². The summed E-state index contributed by atoms with van der Waals surface area (Å²) in [6, 6.07) is 10.0. The van der Waals surface area contributed by atoms with E-state index < -0.39 is 0 Å². The van der Waals surface area contributed by atoms with Crippen LogP contribution in [-0.4, -0.2) is 32.2 Å². The molecule has 1 amide bonds. The van der Waals surface area contributed by atoms with Crippen molar-refractivity contribution in [2.75, 3.05) is 0 Å². The molecule has 6 nitrogen and oxygen atoms in total. The molecule has 0 spiro atoms. The predicted octanol–water partition coefficient (Wildman–Crippen LogP) is 1.64. The van der Waals surface area contributed by atoms with Crippen molar-refractivity contribution in [3.8, 4) is 11.4 Å². The Labute approximate surface area is 128 Å². The molecule has 2 fully saturated rings. The molecule has 0 unspecified atom stereocenters. The van der Waals surface area contributed by atoms with Gasteiger partial charge >= 0.3 is 0 Å². The molecule has 2 aromatic rings. The van der Waals surface area contributed by atoms with Crippen molar-refractivity contribution in [2.24, 2.45) is 11.8 Å². The molecule has 4 rings (SSSR count). The summed E-state index contributed by atoms with van der Waals surface area (Å²) < 4.78 is 0. The first-order valence-electron chi connectivity index (χ1n) is 7.92. The number of hydrogen-bond donors (Lipinski definition) is 1. The number of benzene rings is 1. The highest BCUT2D eigenvalue weighted by atomic mass is 16.2. The second-order valence-corrected chi connectivity index (χ2v) is 6.28. The van der Waals surface area contributed by atoms with Crippen LogP contribution in [0.15, 0.2) is 30.3 Å². The van der Waals surface area contributed by atoms with Gasteiger partial charge in [-0.15, -0.1) is 10.2 Å². The average Bonchev–Trinajstić information content (AvgIpc) is 3.45. The van der Waals surface area contributed by atoms with Crippen LogP contribution in [-0.2, 0) is 11.3 Å². The molecule has 0 bridgehead atoms. The van der Waals surface area contributed by atoms with Gasteiger partial charge in [0.1, 0.15) is 6.54 Å². The van der Waals surface area contributed by atoms with Crippen molar-refractivity contribution < 1.29 is 4.79 Å². The van der Waals surface area contributed by atoms with Crippen molar-refractivity contribution in [2.45, 2.75) is 38.3 Å². The molecule has 22 heavy (non-hydrogen) atoms. The zero-order valence-electron chi connectivity index (χ0n) is 12.4. The number of tetrazole rings is 1. The number of carbonyl (C=O) groups is 1. The largest absolute Gasteiger partial charge is 0.351 e.